The Kier molecular flexibility index (Phi) is 3.43. The summed E-state index contributed by atoms with van der Waals surface area (Å²) in [6.07, 6.45) is -2.74. The molecule has 0 bridgehead atoms. The van der Waals surface area contributed by atoms with Gasteiger partial charge in [-0.15, -0.1) is 0 Å². The minimum absolute atomic E-state index is 0.0981. The van der Waals surface area contributed by atoms with Crippen molar-refractivity contribution >= 4 is 5.95 Å². The maximum Gasteiger partial charge on any atom is 0.406 e. The van der Waals surface area contributed by atoms with Gasteiger partial charge in [0.1, 0.15) is 6.54 Å². The Hall–Kier alpha value is -1.37. The Balaban J connectivity index is 2.27. The Morgan fingerprint density at radius 2 is 2.06 bits per heavy atom. The van der Waals surface area contributed by atoms with Crippen molar-refractivity contribution in [2.24, 2.45) is 5.73 Å². The highest BCUT2D eigenvalue weighted by Crippen LogP contribution is 2.32. The van der Waals surface area contributed by atoms with Crippen molar-refractivity contribution in [3.05, 3.63) is 17.5 Å². The largest absolute Gasteiger partial charge is 0.406 e. The van der Waals surface area contributed by atoms with Gasteiger partial charge in [0.15, 0.2) is 0 Å². The maximum absolute atomic E-state index is 12.5. The third kappa shape index (κ3) is 3.32. The van der Waals surface area contributed by atoms with E-state index in [4.69, 9.17) is 5.73 Å². The minimum Gasteiger partial charge on any atom is -0.329 e. The van der Waals surface area contributed by atoms with Gasteiger partial charge in [-0.05, 0) is 25.8 Å². The second-order valence-electron chi connectivity index (χ2n) is 4.48. The quantitative estimate of drug-likeness (QED) is 0.896. The van der Waals surface area contributed by atoms with Crippen molar-refractivity contribution in [1.29, 1.82) is 0 Å². The molecule has 0 amide bonds. The van der Waals surface area contributed by atoms with Gasteiger partial charge in [-0.25, -0.2) is 9.97 Å². The number of halogens is 3. The molecule has 2 N–H and O–H groups in total. The number of aromatic nitrogens is 2. The zero-order valence-electron chi connectivity index (χ0n) is 10.0. The molecule has 1 aromatic heterocycles. The van der Waals surface area contributed by atoms with E-state index in [0.29, 0.717) is 11.4 Å². The lowest BCUT2D eigenvalue weighted by Gasteiger charge is -2.24. The van der Waals surface area contributed by atoms with Gasteiger partial charge in [-0.2, -0.15) is 13.2 Å². The molecule has 0 aromatic carbocycles. The van der Waals surface area contributed by atoms with Gasteiger partial charge in [-0.1, -0.05) is 0 Å². The van der Waals surface area contributed by atoms with E-state index < -0.39 is 12.7 Å². The van der Waals surface area contributed by atoms with E-state index in [1.807, 2.05) is 0 Å². The maximum atomic E-state index is 12.5. The summed E-state index contributed by atoms with van der Waals surface area (Å²) in [4.78, 5) is 9.40. The zero-order chi connectivity index (χ0) is 13.3. The van der Waals surface area contributed by atoms with Crippen molar-refractivity contribution < 1.29 is 13.2 Å². The fourth-order valence-electron chi connectivity index (χ4n) is 1.79. The second kappa shape index (κ2) is 4.72. The Labute approximate surface area is 103 Å². The number of hydrogen-bond donors (Lipinski definition) is 1. The van der Waals surface area contributed by atoms with Crippen LogP contribution < -0.4 is 10.6 Å². The molecule has 1 heterocycles. The van der Waals surface area contributed by atoms with Crippen LogP contribution >= 0.6 is 0 Å². The summed E-state index contributed by atoms with van der Waals surface area (Å²) in [6.45, 7) is 0.912. The molecule has 7 heteroatoms. The fraction of sp³-hybridized carbons (Fsp3) is 0.636. The second-order valence-corrected chi connectivity index (χ2v) is 4.48. The molecule has 4 nitrogen and oxygen atoms in total. The lowest BCUT2D eigenvalue weighted by atomic mass is 10.3. The Morgan fingerprint density at radius 1 is 1.39 bits per heavy atom. The van der Waals surface area contributed by atoms with Gasteiger partial charge in [0.25, 0.3) is 0 Å². The SMILES string of the molecule is Cc1cc(CN)nc(N(CC(F)(F)F)C2CC2)n1. The molecule has 0 aliphatic heterocycles. The summed E-state index contributed by atoms with van der Waals surface area (Å²) < 4.78 is 37.6. The van der Waals surface area contributed by atoms with Crippen LogP contribution in [0.5, 0.6) is 0 Å². The summed E-state index contributed by atoms with van der Waals surface area (Å²) in [6, 6.07) is 1.58. The predicted octanol–water partition coefficient (Wildman–Crippen LogP) is 1.77. The average molecular weight is 260 g/mol. The number of aryl methyl sites for hydroxylation is 1. The van der Waals surface area contributed by atoms with Gasteiger partial charge in [-0.3, -0.25) is 0 Å². The minimum atomic E-state index is -4.25. The molecule has 1 saturated carbocycles. The van der Waals surface area contributed by atoms with E-state index >= 15 is 0 Å². The number of nitrogens with two attached hydrogens (primary N) is 1. The Morgan fingerprint density at radius 3 is 2.56 bits per heavy atom. The molecule has 1 aliphatic carbocycles. The first-order valence-corrected chi connectivity index (χ1v) is 5.77. The molecular formula is C11H15F3N4. The standard InChI is InChI=1S/C11H15F3N4/c1-7-4-8(5-15)17-10(16-7)18(9-2-3-9)6-11(12,13)14/h4,9H,2-3,5-6,15H2,1H3. The van der Waals surface area contributed by atoms with Crippen molar-refractivity contribution in [2.75, 3.05) is 11.4 Å². The highest BCUT2D eigenvalue weighted by atomic mass is 19.4. The third-order valence-electron chi connectivity index (χ3n) is 2.70. The van der Waals surface area contributed by atoms with E-state index in [9.17, 15) is 13.2 Å². The van der Waals surface area contributed by atoms with Crippen LogP contribution in [0.1, 0.15) is 24.2 Å². The van der Waals surface area contributed by atoms with Crippen LogP contribution in [0.2, 0.25) is 0 Å². The molecule has 2 rings (SSSR count). The third-order valence-corrected chi connectivity index (χ3v) is 2.70. The van der Waals surface area contributed by atoms with Crippen LogP contribution in [-0.2, 0) is 6.54 Å². The van der Waals surface area contributed by atoms with Gasteiger partial charge in [0, 0.05) is 18.3 Å². The van der Waals surface area contributed by atoms with Gasteiger partial charge >= 0.3 is 6.18 Å². The van der Waals surface area contributed by atoms with Crippen molar-refractivity contribution in [2.45, 2.75) is 38.5 Å². The lowest BCUT2D eigenvalue weighted by Crippen LogP contribution is -2.37. The summed E-state index contributed by atoms with van der Waals surface area (Å²) in [5, 5.41) is 0. The first kappa shape index (κ1) is 13.1. The first-order chi connectivity index (χ1) is 8.39. The number of hydrogen-bond acceptors (Lipinski definition) is 4. The molecule has 0 spiro atoms. The average Bonchev–Trinajstić information content (AvgIpc) is 3.07. The summed E-state index contributed by atoms with van der Waals surface area (Å²) in [5.74, 6) is 0.135. The van der Waals surface area contributed by atoms with Crippen LogP contribution in [0, 0.1) is 6.92 Å². The van der Waals surface area contributed by atoms with Crippen LogP contribution in [0.4, 0.5) is 19.1 Å². The summed E-state index contributed by atoms with van der Waals surface area (Å²) >= 11 is 0. The molecule has 1 aromatic rings. The number of rotatable bonds is 4. The molecule has 100 valence electrons. The monoisotopic (exact) mass is 260 g/mol. The van der Waals surface area contributed by atoms with E-state index in [1.54, 1.807) is 13.0 Å². The van der Waals surface area contributed by atoms with Crippen LogP contribution in [0.3, 0.4) is 0 Å². The van der Waals surface area contributed by atoms with Crippen LogP contribution in [0.25, 0.3) is 0 Å². The molecule has 0 saturated heterocycles. The summed E-state index contributed by atoms with van der Waals surface area (Å²) in [5.41, 5.74) is 6.67. The van der Waals surface area contributed by atoms with Gasteiger partial charge in [0.2, 0.25) is 5.95 Å². The van der Waals surface area contributed by atoms with Crippen molar-refractivity contribution in [1.82, 2.24) is 9.97 Å². The van der Waals surface area contributed by atoms with E-state index in [-0.39, 0.29) is 18.5 Å². The molecule has 1 fully saturated rings. The molecule has 0 atom stereocenters. The fourth-order valence-corrected chi connectivity index (χ4v) is 1.79. The molecule has 0 radical (unpaired) electrons. The topological polar surface area (TPSA) is 55.0 Å². The first-order valence-electron chi connectivity index (χ1n) is 5.77. The zero-order valence-corrected chi connectivity index (χ0v) is 10.0. The highest BCUT2D eigenvalue weighted by molar-refractivity contribution is 5.36. The number of alkyl halides is 3. The number of nitrogens with zero attached hydrogens (tertiary/aromatic N) is 3. The molecule has 18 heavy (non-hydrogen) atoms. The summed E-state index contributed by atoms with van der Waals surface area (Å²) in [7, 11) is 0. The van der Waals surface area contributed by atoms with Crippen molar-refractivity contribution in [3.63, 3.8) is 0 Å². The predicted molar refractivity (Wildman–Crippen MR) is 61.1 cm³/mol. The van der Waals surface area contributed by atoms with E-state index in [2.05, 4.69) is 9.97 Å². The lowest BCUT2D eigenvalue weighted by molar-refractivity contribution is -0.120. The number of anilines is 1. The Bertz CT molecular complexity index is 429. The van der Waals surface area contributed by atoms with Crippen LogP contribution in [-0.4, -0.2) is 28.7 Å². The normalized spacial score (nSPS) is 15.8. The molecule has 1 aliphatic rings. The van der Waals surface area contributed by atoms with Crippen molar-refractivity contribution in [3.8, 4) is 0 Å². The molecular weight excluding hydrogens is 245 g/mol. The van der Waals surface area contributed by atoms with E-state index in [1.165, 1.54) is 4.90 Å². The van der Waals surface area contributed by atoms with Gasteiger partial charge in [0.05, 0.1) is 5.69 Å². The highest BCUT2D eigenvalue weighted by Gasteiger charge is 2.39. The van der Waals surface area contributed by atoms with Gasteiger partial charge < -0.3 is 10.6 Å². The smallest absolute Gasteiger partial charge is 0.329 e. The molecule has 0 unspecified atom stereocenters. The van der Waals surface area contributed by atoms with E-state index in [0.717, 1.165) is 12.8 Å². The van der Waals surface area contributed by atoms with Crippen LogP contribution in [0.15, 0.2) is 6.07 Å².